The minimum absolute atomic E-state index is 0.0759. The number of likely N-dealkylation sites (tertiary alicyclic amines) is 3. The van der Waals surface area contributed by atoms with Crippen molar-refractivity contribution in [3.8, 4) is 11.8 Å². The Labute approximate surface area is 331 Å². The summed E-state index contributed by atoms with van der Waals surface area (Å²) in [6.45, 7) is 7.28. The Balaban J connectivity index is 0.999. The van der Waals surface area contributed by atoms with E-state index in [1.165, 1.54) is 13.2 Å². The number of alkyl halides is 1. The Morgan fingerprint density at radius 1 is 0.929 bits per heavy atom. The van der Waals surface area contributed by atoms with Gasteiger partial charge in [-0.15, -0.1) is 0 Å². The zero-order chi connectivity index (χ0) is 39.5. The first-order chi connectivity index (χ1) is 26.9. The van der Waals surface area contributed by atoms with Crippen LogP contribution in [0.25, 0.3) is 0 Å². The maximum absolute atomic E-state index is 16.3. The summed E-state index contributed by atoms with van der Waals surface area (Å²) in [5.74, 6) is 4.90. The van der Waals surface area contributed by atoms with Crippen molar-refractivity contribution < 1.29 is 31.5 Å². The van der Waals surface area contributed by atoms with E-state index in [2.05, 4.69) is 33.0 Å². The third-order valence-corrected chi connectivity index (χ3v) is 15.5. The van der Waals surface area contributed by atoms with Gasteiger partial charge in [-0.3, -0.25) is 9.69 Å². The normalized spacial score (nSPS) is 25.8. The number of nitrogens with one attached hydrogen (secondary N) is 1. The number of piperidine rings is 1. The van der Waals surface area contributed by atoms with Crippen LogP contribution in [-0.4, -0.2) is 125 Å². The molecule has 1 aliphatic carbocycles. The summed E-state index contributed by atoms with van der Waals surface area (Å²) in [5.41, 5.74) is 0.000825. The number of ether oxygens (including phenoxy) is 1. The number of sulfone groups is 1. The molecule has 2 amide bonds. The molecule has 4 atom stereocenters. The SMILES string of the molecule is CC#CC(=O)N1CCCC[C@@H](S(=O)(=O)c2ccc(N3CC(F)(CN4CCC(C(CN5CCC5)(c5cccc(F)c5)[C@H]5CCC[C@@H]5NC(=O)OC)CC4)C3)cc2)C1. The molecule has 0 radical (unpaired) electrons. The second kappa shape index (κ2) is 17.0. The summed E-state index contributed by atoms with van der Waals surface area (Å²) in [6.07, 6.45) is 7.12. The van der Waals surface area contributed by atoms with Gasteiger partial charge in [0.2, 0.25) is 0 Å². The predicted molar refractivity (Wildman–Crippen MR) is 212 cm³/mol. The van der Waals surface area contributed by atoms with E-state index in [4.69, 9.17) is 4.74 Å². The number of benzene rings is 2. The molecule has 2 aromatic rings. The molecule has 1 unspecified atom stereocenters. The van der Waals surface area contributed by atoms with Gasteiger partial charge in [0.1, 0.15) is 5.82 Å². The van der Waals surface area contributed by atoms with Crippen LogP contribution in [-0.2, 0) is 24.8 Å². The smallest absolute Gasteiger partial charge is 0.407 e. The Kier molecular flexibility index (Phi) is 12.3. The molecule has 56 heavy (non-hydrogen) atoms. The Morgan fingerprint density at radius 2 is 1.68 bits per heavy atom. The minimum atomic E-state index is -3.68. The van der Waals surface area contributed by atoms with E-state index in [0.717, 1.165) is 95.3 Å². The fraction of sp³-hybridized carbons (Fsp3) is 0.628. The van der Waals surface area contributed by atoms with Crippen molar-refractivity contribution in [1.82, 2.24) is 20.0 Å². The number of carbonyl (C=O) groups is 2. The largest absolute Gasteiger partial charge is 0.453 e. The molecule has 7 rings (SSSR count). The van der Waals surface area contributed by atoms with Gasteiger partial charge in [0.25, 0.3) is 5.91 Å². The molecular formula is C43H57F2N5O5S. The van der Waals surface area contributed by atoms with E-state index >= 15 is 8.78 Å². The van der Waals surface area contributed by atoms with Crippen LogP contribution in [0, 0.1) is 29.5 Å². The summed E-state index contributed by atoms with van der Waals surface area (Å²) in [4.78, 5) is 33.4. The number of rotatable bonds is 11. The number of methoxy groups -OCH3 is 1. The van der Waals surface area contributed by atoms with Gasteiger partial charge in [-0.25, -0.2) is 22.0 Å². The standard InChI is InChI=1S/C43H57F2N5O5S/c1-3-9-40(51)49-23-5-4-12-37(27-49)56(53,54)36-17-15-35(16-18-36)50-29-42(45,30-50)28-48-24-19-32(20-25-48)43(31-47-21-8-22-47,33-10-6-11-34(44)26-33)38-13-7-14-39(38)46-41(52)55-2/h6,10-11,15-18,26,32,37-39H,4-5,7-8,12-14,19-25,27-31H2,1-2H3,(H,46,52)/t37-,38+,39+,43?/m1/s1. The Morgan fingerprint density at radius 3 is 2.34 bits per heavy atom. The van der Waals surface area contributed by atoms with E-state index in [0.29, 0.717) is 19.5 Å². The minimum Gasteiger partial charge on any atom is -0.453 e. The molecule has 5 aliphatic rings. The number of anilines is 1. The molecular weight excluding hydrogens is 737 g/mol. The van der Waals surface area contributed by atoms with Crippen molar-refractivity contribution in [2.75, 3.05) is 77.5 Å². The Bertz CT molecular complexity index is 1890. The van der Waals surface area contributed by atoms with E-state index in [-0.39, 0.29) is 59.5 Å². The highest BCUT2D eigenvalue weighted by molar-refractivity contribution is 7.92. The van der Waals surface area contributed by atoms with E-state index < -0.39 is 26.8 Å². The topological polar surface area (TPSA) is 103 Å². The number of hydrogen-bond acceptors (Lipinski definition) is 8. The highest BCUT2D eigenvalue weighted by atomic mass is 32.2. The molecule has 10 nitrogen and oxygen atoms in total. The molecule has 2 aromatic carbocycles. The van der Waals surface area contributed by atoms with Crippen molar-refractivity contribution in [3.63, 3.8) is 0 Å². The average Bonchev–Trinajstić information content (AvgIpc) is 3.46. The maximum Gasteiger partial charge on any atom is 0.407 e. The van der Waals surface area contributed by atoms with E-state index in [9.17, 15) is 18.0 Å². The fourth-order valence-corrected chi connectivity index (χ4v) is 12.2. The van der Waals surface area contributed by atoms with Crippen molar-refractivity contribution >= 4 is 27.5 Å². The van der Waals surface area contributed by atoms with Crippen molar-refractivity contribution in [2.24, 2.45) is 11.8 Å². The molecule has 5 fully saturated rings. The van der Waals surface area contributed by atoms with Gasteiger partial charge in [-0.2, -0.15) is 0 Å². The van der Waals surface area contributed by atoms with Gasteiger partial charge in [0.15, 0.2) is 15.5 Å². The van der Waals surface area contributed by atoms with Crippen LogP contribution in [0.15, 0.2) is 53.4 Å². The third kappa shape index (κ3) is 8.44. The molecule has 4 saturated heterocycles. The lowest BCUT2D eigenvalue weighted by atomic mass is 9.57. The van der Waals surface area contributed by atoms with Gasteiger partial charge < -0.3 is 24.8 Å². The lowest BCUT2D eigenvalue weighted by molar-refractivity contribution is -0.125. The molecule has 0 bridgehead atoms. The molecule has 4 aliphatic heterocycles. The predicted octanol–water partition coefficient (Wildman–Crippen LogP) is 5.41. The third-order valence-electron chi connectivity index (χ3n) is 13.4. The molecule has 1 saturated carbocycles. The first-order valence-electron chi connectivity index (χ1n) is 20.5. The van der Waals surface area contributed by atoms with Gasteiger partial charge in [-0.1, -0.05) is 30.9 Å². The van der Waals surface area contributed by atoms with E-state index in [1.54, 1.807) is 42.2 Å². The molecule has 0 spiro atoms. The van der Waals surface area contributed by atoms with Crippen molar-refractivity contribution in [3.05, 3.63) is 59.9 Å². The average molecular weight is 794 g/mol. The van der Waals surface area contributed by atoms with Gasteiger partial charge in [0.05, 0.1) is 30.3 Å². The summed E-state index contributed by atoms with van der Waals surface area (Å²) in [5, 5.41) is 2.44. The first-order valence-corrected chi connectivity index (χ1v) is 22.0. The van der Waals surface area contributed by atoms with Gasteiger partial charge in [-0.05, 0) is 138 Å². The maximum atomic E-state index is 16.3. The van der Waals surface area contributed by atoms with Gasteiger partial charge in [0, 0.05) is 43.3 Å². The lowest BCUT2D eigenvalue weighted by Gasteiger charge is -2.54. The summed E-state index contributed by atoms with van der Waals surface area (Å²) in [7, 11) is -2.29. The fourth-order valence-electron chi connectivity index (χ4n) is 10.4. The van der Waals surface area contributed by atoms with Crippen LogP contribution >= 0.6 is 0 Å². The van der Waals surface area contributed by atoms with Crippen molar-refractivity contribution in [2.45, 2.75) is 92.0 Å². The van der Waals surface area contributed by atoms with Crippen LogP contribution in [0.2, 0.25) is 0 Å². The molecule has 4 heterocycles. The second-order valence-corrected chi connectivity index (χ2v) is 19.0. The number of alkyl carbamates (subject to hydrolysis) is 1. The van der Waals surface area contributed by atoms with Crippen LogP contribution in [0.5, 0.6) is 0 Å². The quantitative estimate of drug-likeness (QED) is 0.302. The highest BCUT2D eigenvalue weighted by Gasteiger charge is 2.54. The van der Waals surface area contributed by atoms with Crippen molar-refractivity contribution in [1.29, 1.82) is 0 Å². The lowest BCUT2D eigenvalue weighted by Crippen LogP contribution is -2.65. The summed E-state index contributed by atoms with van der Waals surface area (Å²) < 4.78 is 63.7. The van der Waals surface area contributed by atoms with Crippen LogP contribution in [0.3, 0.4) is 0 Å². The molecule has 304 valence electrons. The van der Waals surface area contributed by atoms with Crippen LogP contribution in [0.4, 0.5) is 19.3 Å². The Hall–Kier alpha value is -3.73. The summed E-state index contributed by atoms with van der Waals surface area (Å²) in [6, 6.07) is 13.7. The molecule has 0 aromatic heterocycles. The van der Waals surface area contributed by atoms with Crippen LogP contribution < -0.4 is 10.2 Å². The molecule has 13 heteroatoms. The number of nitrogens with zero attached hydrogens (tertiary/aromatic N) is 4. The summed E-state index contributed by atoms with van der Waals surface area (Å²) >= 11 is 0. The van der Waals surface area contributed by atoms with Gasteiger partial charge >= 0.3 is 6.09 Å². The number of hydrogen-bond donors (Lipinski definition) is 1. The number of amides is 2. The number of halogens is 2. The number of carbonyl (C=O) groups excluding carboxylic acids is 2. The van der Waals surface area contributed by atoms with Crippen LogP contribution in [0.1, 0.15) is 70.3 Å². The monoisotopic (exact) mass is 793 g/mol. The first kappa shape index (κ1) is 40.5. The zero-order valence-electron chi connectivity index (χ0n) is 32.9. The second-order valence-electron chi connectivity index (χ2n) is 16.8. The highest BCUT2D eigenvalue weighted by Crippen LogP contribution is 2.51. The zero-order valence-corrected chi connectivity index (χ0v) is 33.7. The van der Waals surface area contributed by atoms with E-state index in [1.807, 2.05) is 11.0 Å². The molecule has 1 N–H and O–H groups in total.